The third-order valence-corrected chi connectivity index (χ3v) is 1.66. The van der Waals surface area contributed by atoms with E-state index in [2.05, 4.69) is 4.98 Å². The molecule has 1 amide bonds. The summed E-state index contributed by atoms with van der Waals surface area (Å²) >= 11 is 0. The second kappa shape index (κ2) is 3.47. The van der Waals surface area contributed by atoms with Crippen LogP contribution in [0.3, 0.4) is 0 Å². The number of nitrogens with two attached hydrogens (primary N) is 2. The summed E-state index contributed by atoms with van der Waals surface area (Å²) in [5, 5.41) is 0. The van der Waals surface area contributed by atoms with E-state index in [0.29, 0.717) is 18.2 Å². The first-order valence-electron chi connectivity index (χ1n) is 4.12. The lowest BCUT2D eigenvalue weighted by atomic mass is 10.2. The van der Waals surface area contributed by atoms with E-state index >= 15 is 0 Å². The van der Waals surface area contributed by atoms with E-state index in [4.69, 9.17) is 11.5 Å². The number of imidazole rings is 1. The Morgan fingerprint density at radius 2 is 2.31 bits per heavy atom. The summed E-state index contributed by atoms with van der Waals surface area (Å²) in [6.45, 7) is 4.78. The lowest BCUT2D eigenvalue weighted by Gasteiger charge is -2.08. The molecule has 0 aromatic carbocycles. The molecule has 0 saturated carbocycles. The van der Waals surface area contributed by atoms with Crippen molar-refractivity contribution in [3.05, 3.63) is 12.0 Å². The summed E-state index contributed by atoms with van der Waals surface area (Å²) in [5.41, 5.74) is 10.9. The van der Waals surface area contributed by atoms with E-state index < -0.39 is 5.91 Å². The van der Waals surface area contributed by atoms with Gasteiger partial charge in [-0.15, -0.1) is 0 Å². The maximum Gasteiger partial charge on any atom is 0.269 e. The van der Waals surface area contributed by atoms with Crippen LogP contribution in [0.5, 0.6) is 0 Å². The molecule has 5 heteroatoms. The van der Waals surface area contributed by atoms with Crippen LogP contribution < -0.4 is 11.5 Å². The van der Waals surface area contributed by atoms with E-state index in [9.17, 15) is 4.79 Å². The first kappa shape index (κ1) is 9.57. The first-order valence-corrected chi connectivity index (χ1v) is 4.12. The summed E-state index contributed by atoms with van der Waals surface area (Å²) in [4.78, 5) is 14.8. The second-order valence-electron chi connectivity index (χ2n) is 3.39. The summed E-state index contributed by atoms with van der Waals surface area (Å²) in [5.74, 6) is 0.0931. The molecule has 0 unspecified atom stereocenters. The molecule has 0 spiro atoms. The topological polar surface area (TPSA) is 86.9 Å². The first-order chi connectivity index (χ1) is 6.02. The molecule has 5 nitrogen and oxygen atoms in total. The molecule has 0 aliphatic carbocycles. The summed E-state index contributed by atoms with van der Waals surface area (Å²) in [6.07, 6.45) is 1.54. The Balaban J connectivity index is 3.00. The highest BCUT2D eigenvalue weighted by molar-refractivity contribution is 5.95. The molecule has 1 heterocycles. The van der Waals surface area contributed by atoms with Gasteiger partial charge in [-0.25, -0.2) is 4.98 Å². The van der Waals surface area contributed by atoms with Gasteiger partial charge in [0.05, 0.1) is 6.33 Å². The van der Waals surface area contributed by atoms with Crippen molar-refractivity contribution in [3.8, 4) is 0 Å². The Bertz CT molecular complexity index is 316. The van der Waals surface area contributed by atoms with Gasteiger partial charge in [0, 0.05) is 6.54 Å². The number of rotatable bonds is 3. The van der Waals surface area contributed by atoms with E-state index in [1.807, 2.05) is 13.8 Å². The normalized spacial score (nSPS) is 10.7. The zero-order valence-corrected chi connectivity index (χ0v) is 7.82. The molecular formula is C8H14N4O. The Labute approximate surface area is 76.7 Å². The van der Waals surface area contributed by atoms with Gasteiger partial charge in [-0.05, 0) is 5.92 Å². The van der Waals surface area contributed by atoms with Crippen molar-refractivity contribution < 1.29 is 4.79 Å². The molecule has 72 valence electrons. The van der Waals surface area contributed by atoms with E-state index in [1.165, 1.54) is 6.33 Å². The number of carbonyl (C=O) groups is 1. The standard InChI is InChI=1S/C8H14N4O/c1-5(2)3-12-4-11-7(9)6(12)8(10)13/h4-5H,3,9H2,1-2H3,(H2,10,13). The molecular weight excluding hydrogens is 168 g/mol. The third kappa shape index (κ3) is 1.99. The zero-order chi connectivity index (χ0) is 10.0. The number of nitrogen functional groups attached to an aromatic ring is 1. The highest BCUT2D eigenvalue weighted by Crippen LogP contribution is 2.10. The average Bonchev–Trinajstić information content (AvgIpc) is 2.30. The average molecular weight is 182 g/mol. The fraction of sp³-hybridized carbons (Fsp3) is 0.500. The quantitative estimate of drug-likeness (QED) is 0.701. The molecule has 13 heavy (non-hydrogen) atoms. The van der Waals surface area contributed by atoms with Crippen LogP contribution in [0.15, 0.2) is 6.33 Å². The van der Waals surface area contributed by atoms with Crippen molar-refractivity contribution in [3.63, 3.8) is 0 Å². The van der Waals surface area contributed by atoms with E-state index in [0.717, 1.165) is 0 Å². The number of hydrogen-bond donors (Lipinski definition) is 2. The molecule has 1 aromatic rings. The van der Waals surface area contributed by atoms with Crippen molar-refractivity contribution in [2.24, 2.45) is 11.7 Å². The summed E-state index contributed by atoms with van der Waals surface area (Å²) in [7, 11) is 0. The number of carbonyl (C=O) groups excluding carboxylic acids is 1. The number of anilines is 1. The fourth-order valence-corrected chi connectivity index (χ4v) is 1.20. The molecule has 0 saturated heterocycles. The highest BCUT2D eigenvalue weighted by Gasteiger charge is 2.13. The van der Waals surface area contributed by atoms with Gasteiger partial charge in [-0.1, -0.05) is 13.8 Å². The van der Waals surface area contributed by atoms with Gasteiger partial charge >= 0.3 is 0 Å². The monoisotopic (exact) mass is 182 g/mol. The van der Waals surface area contributed by atoms with Gasteiger partial charge in [-0.3, -0.25) is 4.79 Å². The van der Waals surface area contributed by atoms with Crippen LogP contribution in [-0.2, 0) is 6.54 Å². The van der Waals surface area contributed by atoms with Gasteiger partial charge in [0.25, 0.3) is 5.91 Å². The van der Waals surface area contributed by atoms with Crippen molar-refractivity contribution >= 4 is 11.7 Å². The molecule has 0 radical (unpaired) electrons. The van der Waals surface area contributed by atoms with Crippen LogP contribution >= 0.6 is 0 Å². The molecule has 1 aromatic heterocycles. The van der Waals surface area contributed by atoms with Crippen LogP contribution in [-0.4, -0.2) is 15.5 Å². The van der Waals surface area contributed by atoms with Gasteiger partial charge in [0.2, 0.25) is 0 Å². The summed E-state index contributed by atoms with van der Waals surface area (Å²) < 4.78 is 1.68. The number of primary amides is 1. The molecule has 0 bridgehead atoms. The Hall–Kier alpha value is -1.52. The predicted octanol–water partition coefficient (Wildman–Crippen LogP) is 0.220. The van der Waals surface area contributed by atoms with Crippen LogP contribution in [0.25, 0.3) is 0 Å². The van der Waals surface area contributed by atoms with E-state index in [-0.39, 0.29) is 5.82 Å². The van der Waals surface area contributed by atoms with Crippen LogP contribution in [0.1, 0.15) is 24.3 Å². The maximum atomic E-state index is 11.0. The molecule has 0 aliphatic rings. The number of aromatic nitrogens is 2. The van der Waals surface area contributed by atoms with Gasteiger partial charge in [-0.2, -0.15) is 0 Å². The van der Waals surface area contributed by atoms with E-state index in [1.54, 1.807) is 4.57 Å². The van der Waals surface area contributed by atoms with Crippen LogP contribution in [0, 0.1) is 5.92 Å². The Morgan fingerprint density at radius 1 is 1.69 bits per heavy atom. The van der Waals surface area contributed by atoms with Crippen molar-refractivity contribution in [2.75, 3.05) is 5.73 Å². The lowest BCUT2D eigenvalue weighted by molar-refractivity contribution is 0.0991. The minimum atomic E-state index is -0.532. The molecule has 1 rings (SSSR count). The third-order valence-electron chi connectivity index (χ3n) is 1.66. The zero-order valence-electron chi connectivity index (χ0n) is 7.82. The second-order valence-corrected chi connectivity index (χ2v) is 3.39. The molecule has 0 fully saturated rings. The minimum Gasteiger partial charge on any atom is -0.382 e. The Morgan fingerprint density at radius 3 is 2.77 bits per heavy atom. The van der Waals surface area contributed by atoms with Crippen molar-refractivity contribution in [2.45, 2.75) is 20.4 Å². The summed E-state index contributed by atoms with van der Waals surface area (Å²) in [6, 6.07) is 0. The predicted molar refractivity (Wildman–Crippen MR) is 50.0 cm³/mol. The Kier molecular flexibility index (Phi) is 2.55. The largest absolute Gasteiger partial charge is 0.382 e. The molecule has 4 N–H and O–H groups in total. The SMILES string of the molecule is CC(C)Cn1cnc(N)c1C(N)=O. The maximum absolute atomic E-state index is 11.0. The van der Waals surface area contributed by atoms with Crippen molar-refractivity contribution in [1.82, 2.24) is 9.55 Å². The smallest absolute Gasteiger partial charge is 0.269 e. The van der Waals surface area contributed by atoms with Crippen LogP contribution in [0.4, 0.5) is 5.82 Å². The van der Waals surface area contributed by atoms with Gasteiger partial charge in [0.15, 0.2) is 11.5 Å². The lowest BCUT2D eigenvalue weighted by Crippen LogP contribution is -2.19. The number of hydrogen-bond acceptors (Lipinski definition) is 3. The highest BCUT2D eigenvalue weighted by atomic mass is 16.1. The van der Waals surface area contributed by atoms with Gasteiger partial charge < -0.3 is 16.0 Å². The molecule has 0 aliphatic heterocycles. The van der Waals surface area contributed by atoms with Crippen LogP contribution in [0.2, 0.25) is 0 Å². The number of amides is 1. The fourth-order valence-electron chi connectivity index (χ4n) is 1.20. The molecule has 0 atom stereocenters. The minimum absolute atomic E-state index is 0.202. The van der Waals surface area contributed by atoms with Crippen molar-refractivity contribution in [1.29, 1.82) is 0 Å². The van der Waals surface area contributed by atoms with Gasteiger partial charge in [0.1, 0.15) is 0 Å². The number of nitrogens with zero attached hydrogens (tertiary/aromatic N) is 2.